The lowest BCUT2D eigenvalue weighted by atomic mass is 9.74. The van der Waals surface area contributed by atoms with Crippen molar-refractivity contribution in [3.63, 3.8) is 0 Å². The Bertz CT molecular complexity index is 756. The van der Waals surface area contributed by atoms with Crippen LogP contribution < -0.4 is 0 Å². The molecule has 1 saturated carbocycles. The molecule has 0 bridgehead atoms. The topological polar surface area (TPSA) is 41.8 Å². The van der Waals surface area contributed by atoms with E-state index in [1.54, 1.807) is 13.0 Å². The van der Waals surface area contributed by atoms with Crippen LogP contribution in [-0.4, -0.2) is 18.4 Å². The van der Waals surface area contributed by atoms with E-state index in [1.807, 2.05) is 6.21 Å². The van der Waals surface area contributed by atoms with Crippen LogP contribution in [0.3, 0.4) is 0 Å². The first-order valence-electron chi connectivity index (χ1n) is 10.8. The van der Waals surface area contributed by atoms with Gasteiger partial charge in [-0.2, -0.15) is 18.1 Å². The summed E-state index contributed by atoms with van der Waals surface area (Å²) in [7, 11) is 0. The van der Waals surface area contributed by atoms with Gasteiger partial charge in [-0.3, -0.25) is 0 Å². The first-order chi connectivity index (χ1) is 14.1. The van der Waals surface area contributed by atoms with Gasteiger partial charge >= 0.3 is 6.18 Å². The third-order valence-corrected chi connectivity index (χ3v) is 7.49. The van der Waals surface area contributed by atoms with Crippen LogP contribution in [-0.2, 0) is 6.42 Å². The lowest BCUT2D eigenvalue weighted by Crippen LogP contribution is -2.29. The van der Waals surface area contributed by atoms with E-state index in [0.717, 1.165) is 43.4 Å². The Morgan fingerprint density at radius 2 is 2.07 bits per heavy atom. The zero-order chi connectivity index (χ0) is 22.5. The van der Waals surface area contributed by atoms with Crippen molar-refractivity contribution in [2.24, 2.45) is 33.8 Å². The van der Waals surface area contributed by atoms with Crippen LogP contribution in [0.2, 0.25) is 0 Å². The predicted molar refractivity (Wildman–Crippen MR) is 121 cm³/mol. The number of aliphatic imine (C=N–C) groups is 1. The summed E-state index contributed by atoms with van der Waals surface area (Å²) in [6, 6.07) is 1.46. The van der Waals surface area contributed by atoms with E-state index in [-0.39, 0.29) is 16.8 Å². The zero-order valence-electron chi connectivity index (χ0n) is 18.3. The van der Waals surface area contributed by atoms with Crippen LogP contribution in [0.15, 0.2) is 22.8 Å². The Hall–Kier alpha value is -1.50. The molecule has 5 unspecified atom stereocenters. The summed E-state index contributed by atoms with van der Waals surface area (Å²) in [5, 5.41) is 3.94. The van der Waals surface area contributed by atoms with Gasteiger partial charge in [0.2, 0.25) is 0 Å². The van der Waals surface area contributed by atoms with Crippen LogP contribution in [0.4, 0.5) is 18.2 Å². The van der Waals surface area contributed by atoms with Crippen molar-refractivity contribution in [3.05, 3.63) is 28.0 Å². The quantitative estimate of drug-likeness (QED) is 0.266. The molecule has 0 aliphatic heterocycles. The summed E-state index contributed by atoms with van der Waals surface area (Å²) in [6.45, 7) is 12.2. The molecule has 7 heteroatoms. The number of hydrogen-bond donors (Lipinski definition) is 0. The molecule has 30 heavy (non-hydrogen) atoms. The van der Waals surface area contributed by atoms with Gasteiger partial charge in [-0.05, 0) is 61.5 Å². The molecule has 168 valence electrons. The molecular formula is C23H33F3N2OS. The second kappa shape index (κ2) is 10.7. The molecule has 2 rings (SSSR count). The maximum Gasteiger partial charge on any atom is 0.393 e. The summed E-state index contributed by atoms with van der Waals surface area (Å²) >= 11 is 1.09. The Balaban J connectivity index is 2.22. The predicted octanol–water partition coefficient (Wildman–Crippen LogP) is 8.21. The number of rotatable bonds is 10. The minimum atomic E-state index is -4.24. The molecule has 1 aromatic heterocycles. The molecule has 0 spiro atoms. The van der Waals surface area contributed by atoms with E-state index >= 15 is 0 Å². The third kappa shape index (κ3) is 6.50. The summed E-state index contributed by atoms with van der Waals surface area (Å²) in [5.41, 5.74) is 1.40. The first kappa shape index (κ1) is 24.8. The molecule has 0 radical (unpaired) electrons. The van der Waals surface area contributed by atoms with E-state index in [1.165, 1.54) is 0 Å². The number of halogens is 3. The molecule has 1 fully saturated rings. The van der Waals surface area contributed by atoms with Crippen molar-refractivity contribution in [1.82, 2.24) is 0 Å². The van der Waals surface area contributed by atoms with Gasteiger partial charge in [-0.1, -0.05) is 45.4 Å². The standard InChI is InChI=1S/C23H33F3N2OS/c1-6-8-17(15(4)16(5)19-9-7-10-21(19)28-29)13-27-22-20(14(2)3)11-18(30-22)12-23(24,25)26/h11,13,15-17,19,21H,2,6-10,12H2,1,3-5H3/b27-13-. The zero-order valence-corrected chi connectivity index (χ0v) is 19.2. The van der Waals surface area contributed by atoms with Crippen molar-refractivity contribution in [3.8, 4) is 0 Å². The Labute approximate surface area is 181 Å². The molecule has 0 N–H and O–H groups in total. The van der Waals surface area contributed by atoms with E-state index < -0.39 is 12.6 Å². The van der Waals surface area contributed by atoms with Gasteiger partial charge in [0.1, 0.15) is 5.00 Å². The lowest BCUT2D eigenvalue weighted by Gasteiger charge is -2.31. The number of hydrogen-bond acceptors (Lipinski definition) is 4. The molecular weight excluding hydrogens is 409 g/mol. The van der Waals surface area contributed by atoms with Crippen molar-refractivity contribution in [2.75, 3.05) is 0 Å². The Morgan fingerprint density at radius 1 is 1.37 bits per heavy atom. The molecule has 3 nitrogen and oxygen atoms in total. The highest BCUT2D eigenvalue weighted by Gasteiger charge is 2.36. The van der Waals surface area contributed by atoms with E-state index in [4.69, 9.17) is 0 Å². The van der Waals surface area contributed by atoms with Gasteiger partial charge in [0.15, 0.2) is 0 Å². The molecule has 0 amide bonds. The fraction of sp³-hybridized carbons (Fsp3) is 0.696. The van der Waals surface area contributed by atoms with E-state index in [9.17, 15) is 18.1 Å². The maximum absolute atomic E-state index is 12.8. The van der Waals surface area contributed by atoms with Crippen LogP contribution in [0.1, 0.15) is 70.2 Å². The van der Waals surface area contributed by atoms with Gasteiger partial charge in [-0.15, -0.1) is 11.3 Å². The van der Waals surface area contributed by atoms with Gasteiger partial charge in [-0.25, -0.2) is 4.99 Å². The minimum Gasteiger partial charge on any atom is -0.249 e. The summed E-state index contributed by atoms with van der Waals surface area (Å²) < 4.78 is 38.5. The molecule has 1 aromatic rings. The molecule has 0 aromatic carbocycles. The minimum absolute atomic E-state index is 0.0982. The molecule has 1 aliphatic rings. The van der Waals surface area contributed by atoms with Crippen molar-refractivity contribution >= 4 is 28.1 Å². The van der Waals surface area contributed by atoms with Crippen LogP contribution in [0.25, 0.3) is 5.57 Å². The van der Waals surface area contributed by atoms with Gasteiger partial charge in [0.25, 0.3) is 0 Å². The fourth-order valence-electron chi connectivity index (χ4n) is 4.58. The number of thiophene rings is 1. The average molecular weight is 443 g/mol. The van der Waals surface area contributed by atoms with Crippen LogP contribution in [0.5, 0.6) is 0 Å². The van der Waals surface area contributed by atoms with Crippen molar-refractivity contribution in [2.45, 2.75) is 78.4 Å². The van der Waals surface area contributed by atoms with Crippen LogP contribution >= 0.6 is 11.3 Å². The largest absolute Gasteiger partial charge is 0.393 e. The third-order valence-electron chi connectivity index (χ3n) is 6.45. The highest BCUT2D eigenvalue weighted by Crippen LogP contribution is 2.41. The Kier molecular flexibility index (Phi) is 8.83. The second-order valence-corrected chi connectivity index (χ2v) is 9.84. The van der Waals surface area contributed by atoms with Gasteiger partial charge in [0, 0.05) is 16.7 Å². The smallest absolute Gasteiger partial charge is 0.249 e. The fourth-order valence-corrected chi connectivity index (χ4v) is 5.70. The highest BCUT2D eigenvalue weighted by atomic mass is 32.1. The first-order valence-corrected chi connectivity index (χ1v) is 11.6. The summed E-state index contributed by atoms with van der Waals surface area (Å²) in [6.07, 6.45) is 1.62. The SMILES string of the molecule is C=C(C)c1cc(CC(F)(F)F)sc1/N=C\C(CCC)C(C)C(C)C1CCCC1N=O. The molecule has 5 atom stereocenters. The maximum atomic E-state index is 12.8. The lowest BCUT2D eigenvalue weighted by molar-refractivity contribution is -0.126. The van der Waals surface area contributed by atoms with Crippen molar-refractivity contribution in [1.29, 1.82) is 0 Å². The number of nitroso groups, excluding NO2 is 1. The second-order valence-electron chi connectivity index (χ2n) is 8.72. The Morgan fingerprint density at radius 3 is 2.63 bits per heavy atom. The number of alkyl halides is 3. The summed E-state index contributed by atoms with van der Waals surface area (Å²) in [5.74, 6) is 1.15. The van der Waals surface area contributed by atoms with Crippen molar-refractivity contribution < 1.29 is 13.2 Å². The van der Waals surface area contributed by atoms with Gasteiger partial charge < -0.3 is 0 Å². The number of allylic oxidation sites excluding steroid dienone is 1. The van der Waals surface area contributed by atoms with Crippen LogP contribution in [0, 0.1) is 28.6 Å². The van der Waals surface area contributed by atoms with Gasteiger partial charge in [0.05, 0.1) is 12.5 Å². The highest BCUT2D eigenvalue weighted by molar-refractivity contribution is 7.16. The van der Waals surface area contributed by atoms with E-state index in [0.29, 0.717) is 33.9 Å². The summed E-state index contributed by atoms with van der Waals surface area (Å²) in [4.78, 5) is 16.1. The number of nitrogens with zero attached hydrogens (tertiary/aromatic N) is 2. The van der Waals surface area contributed by atoms with E-state index in [2.05, 4.69) is 37.5 Å². The molecule has 1 heterocycles. The monoisotopic (exact) mass is 442 g/mol. The normalized spacial score (nSPS) is 22.9. The molecule has 1 aliphatic carbocycles. The average Bonchev–Trinajstić information content (AvgIpc) is 3.29. The molecule has 0 saturated heterocycles.